The molecule has 1 aliphatic rings. The van der Waals surface area contributed by atoms with Gasteiger partial charge in [0.25, 0.3) is 11.8 Å². The van der Waals surface area contributed by atoms with E-state index in [2.05, 4.69) is 65.0 Å². The van der Waals surface area contributed by atoms with Crippen LogP contribution in [0.2, 0.25) is 0 Å². The van der Waals surface area contributed by atoms with Gasteiger partial charge in [0, 0.05) is 42.7 Å². The van der Waals surface area contributed by atoms with Crippen LogP contribution in [-0.4, -0.2) is 51.9 Å². The van der Waals surface area contributed by atoms with Crippen LogP contribution in [0, 0.1) is 5.92 Å². The molecule has 4 aromatic carbocycles. The van der Waals surface area contributed by atoms with Crippen molar-refractivity contribution in [3.8, 4) is 0 Å². The van der Waals surface area contributed by atoms with E-state index in [1.54, 1.807) is 12.1 Å². The molecule has 212 valence electrons. The molecule has 0 radical (unpaired) electrons. The standard InChI is InChI=1S/C32H33N3O5S/c1-22(28-14-8-12-23-11-6-7-13-29(23)28)33-19-27-20-35(21-30(27)24-9-4-3-5-10-24)32(37)26-17-15-25(16-18-26)31(36)34-41(38,39)40-2/h3-18,22,27,30,33H,19-21H2,1-2H3,(H,34,36)/t22-,27+,30-/m1/s1. The average molecular weight is 572 g/mol. The van der Waals surface area contributed by atoms with Gasteiger partial charge in [-0.2, -0.15) is 8.42 Å². The summed E-state index contributed by atoms with van der Waals surface area (Å²) in [4.78, 5) is 27.6. The number of fused-ring (bicyclic) bond motifs is 1. The third kappa shape index (κ3) is 6.48. The van der Waals surface area contributed by atoms with Gasteiger partial charge in [-0.15, -0.1) is 0 Å². The van der Waals surface area contributed by atoms with Crippen LogP contribution in [0.3, 0.4) is 0 Å². The Kier molecular flexibility index (Phi) is 8.49. The summed E-state index contributed by atoms with van der Waals surface area (Å²) in [7, 11) is -3.20. The maximum absolute atomic E-state index is 13.5. The predicted octanol–water partition coefficient (Wildman–Crippen LogP) is 4.67. The topological polar surface area (TPSA) is 105 Å². The first-order valence-corrected chi connectivity index (χ1v) is 14.9. The highest BCUT2D eigenvalue weighted by molar-refractivity contribution is 7.85. The van der Waals surface area contributed by atoms with E-state index in [0.29, 0.717) is 18.7 Å². The molecule has 1 heterocycles. The zero-order valence-electron chi connectivity index (χ0n) is 23.0. The number of amides is 2. The molecule has 0 saturated carbocycles. The van der Waals surface area contributed by atoms with E-state index in [4.69, 9.17) is 0 Å². The fourth-order valence-corrected chi connectivity index (χ4v) is 5.98. The van der Waals surface area contributed by atoms with E-state index in [0.717, 1.165) is 13.7 Å². The number of hydrogen-bond acceptors (Lipinski definition) is 6. The average Bonchev–Trinajstić information content (AvgIpc) is 3.44. The van der Waals surface area contributed by atoms with Crippen molar-refractivity contribution in [1.29, 1.82) is 0 Å². The summed E-state index contributed by atoms with van der Waals surface area (Å²) >= 11 is 0. The maximum atomic E-state index is 13.5. The largest absolute Gasteiger partial charge is 0.362 e. The van der Waals surface area contributed by atoms with Crippen LogP contribution in [0.4, 0.5) is 0 Å². The Morgan fingerprint density at radius 1 is 0.878 bits per heavy atom. The highest BCUT2D eigenvalue weighted by atomic mass is 32.2. The summed E-state index contributed by atoms with van der Waals surface area (Å²) in [6, 6.07) is 31.1. The fourth-order valence-electron chi connectivity index (χ4n) is 5.55. The molecule has 0 bridgehead atoms. The van der Waals surface area contributed by atoms with Crippen LogP contribution >= 0.6 is 0 Å². The summed E-state index contributed by atoms with van der Waals surface area (Å²) in [6.45, 7) is 4.07. The highest BCUT2D eigenvalue weighted by Crippen LogP contribution is 2.34. The van der Waals surface area contributed by atoms with Gasteiger partial charge in [0.2, 0.25) is 0 Å². The first kappa shape index (κ1) is 28.5. The van der Waals surface area contributed by atoms with Crippen molar-refractivity contribution in [1.82, 2.24) is 14.9 Å². The van der Waals surface area contributed by atoms with E-state index in [1.807, 2.05) is 33.9 Å². The van der Waals surface area contributed by atoms with Crippen molar-refractivity contribution in [3.05, 3.63) is 119 Å². The van der Waals surface area contributed by atoms with Gasteiger partial charge in [0.05, 0.1) is 7.11 Å². The molecule has 0 unspecified atom stereocenters. The van der Waals surface area contributed by atoms with Crippen molar-refractivity contribution in [3.63, 3.8) is 0 Å². The normalized spacial score (nSPS) is 17.9. The second-order valence-corrected chi connectivity index (χ2v) is 11.8. The van der Waals surface area contributed by atoms with Crippen LogP contribution < -0.4 is 10.0 Å². The first-order valence-electron chi connectivity index (χ1n) is 13.5. The Labute approximate surface area is 240 Å². The minimum atomic E-state index is -4.17. The van der Waals surface area contributed by atoms with Gasteiger partial charge < -0.3 is 10.2 Å². The number of benzene rings is 4. The smallest absolute Gasteiger partial charge is 0.338 e. The SMILES string of the molecule is COS(=O)(=O)NC(=O)c1ccc(C(=O)N2C[C@H](CN[C@H](C)c3cccc4ccccc34)[C@@H](c3ccccc3)C2)cc1. The molecule has 0 spiro atoms. The van der Waals surface area contributed by atoms with Gasteiger partial charge in [-0.05, 0) is 59.0 Å². The summed E-state index contributed by atoms with van der Waals surface area (Å²) in [6.07, 6.45) is 0. The first-order chi connectivity index (χ1) is 19.8. The molecule has 41 heavy (non-hydrogen) atoms. The van der Waals surface area contributed by atoms with Gasteiger partial charge in [0.1, 0.15) is 0 Å². The van der Waals surface area contributed by atoms with Crippen LogP contribution in [0.1, 0.15) is 50.7 Å². The Balaban J connectivity index is 1.30. The molecule has 3 atom stereocenters. The van der Waals surface area contributed by atoms with Gasteiger partial charge in [0.15, 0.2) is 0 Å². The van der Waals surface area contributed by atoms with Gasteiger partial charge in [-0.25, -0.2) is 4.72 Å². The summed E-state index contributed by atoms with van der Waals surface area (Å²) in [5.41, 5.74) is 2.97. The van der Waals surface area contributed by atoms with Crippen LogP contribution in [0.15, 0.2) is 97.1 Å². The van der Waals surface area contributed by atoms with Crippen LogP contribution in [0.25, 0.3) is 10.8 Å². The lowest BCUT2D eigenvalue weighted by Gasteiger charge is -2.23. The Morgan fingerprint density at radius 2 is 1.54 bits per heavy atom. The molecule has 0 aromatic heterocycles. The number of nitrogens with one attached hydrogen (secondary N) is 2. The molecule has 4 aromatic rings. The third-order valence-corrected chi connectivity index (χ3v) is 8.64. The molecule has 0 aliphatic carbocycles. The molecule has 1 fully saturated rings. The quantitative estimate of drug-likeness (QED) is 0.303. The van der Waals surface area contributed by atoms with E-state index >= 15 is 0 Å². The number of hydrogen-bond donors (Lipinski definition) is 2. The minimum absolute atomic E-state index is 0.107. The second kappa shape index (κ2) is 12.2. The van der Waals surface area contributed by atoms with Crippen molar-refractivity contribution in [2.75, 3.05) is 26.7 Å². The summed E-state index contributed by atoms with van der Waals surface area (Å²) < 4.78 is 29.1. The summed E-state index contributed by atoms with van der Waals surface area (Å²) in [5.74, 6) is -0.602. The molecule has 1 aliphatic heterocycles. The van der Waals surface area contributed by atoms with Crippen LogP contribution in [-0.2, 0) is 14.5 Å². The Morgan fingerprint density at radius 3 is 2.27 bits per heavy atom. The van der Waals surface area contributed by atoms with Gasteiger partial charge >= 0.3 is 10.3 Å². The molecule has 2 amide bonds. The number of carbonyl (C=O) groups excluding carboxylic acids is 2. The third-order valence-electron chi connectivity index (χ3n) is 7.76. The summed E-state index contributed by atoms with van der Waals surface area (Å²) in [5, 5.41) is 6.18. The number of carbonyl (C=O) groups is 2. The lowest BCUT2D eigenvalue weighted by Crippen LogP contribution is -2.32. The van der Waals surface area contributed by atoms with Crippen molar-refractivity contribution in [2.45, 2.75) is 18.9 Å². The zero-order valence-corrected chi connectivity index (χ0v) is 23.8. The highest BCUT2D eigenvalue weighted by Gasteiger charge is 2.36. The Hall–Kier alpha value is -4.05. The lowest BCUT2D eigenvalue weighted by atomic mass is 9.88. The predicted molar refractivity (Wildman–Crippen MR) is 159 cm³/mol. The van der Waals surface area contributed by atoms with Gasteiger partial charge in [-0.3, -0.25) is 13.8 Å². The Bertz CT molecular complexity index is 1640. The minimum Gasteiger partial charge on any atom is -0.338 e. The molecule has 5 rings (SSSR count). The van der Waals surface area contributed by atoms with E-state index < -0.39 is 16.2 Å². The molecule has 9 heteroatoms. The van der Waals surface area contributed by atoms with E-state index in [1.165, 1.54) is 34.0 Å². The fraction of sp³-hybridized carbons (Fsp3) is 0.250. The molecule has 1 saturated heterocycles. The second-order valence-electron chi connectivity index (χ2n) is 10.3. The van der Waals surface area contributed by atoms with Crippen LogP contribution in [0.5, 0.6) is 0 Å². The number of rotatable bonds is 9. The lowest BCUT2D eigenvalue weighted by molar-refractivity contribution is 0.0785. The van der Waals surface area contributed by atoms with Gasteiger partial charge in [-0.1, -0.05) is 72.8 Å². The van der Waals surface area contributed by atoms with Crippen molar-refractivity contribution in [2.24, 2.45) is 5.92 Å². The monoisotopic (exact) mass is 571 g/mol. The molecular formula is C32H33N3O5S. The molecule has 8 nitrogen and oxygen atoms in total. The maximum Gasteiger partial charge on any atom is 0.362 e. The van der Waals surface area contributed by atoms with Crippen molar-refractivity contribution < 1.29 is 22.2 Å². The van der Waals surface area contributed by atoms with Crippen molar-refractivity contribution >= 4 is 32.9 Å². The molecular weight excluding hydrogens is 538 g/mol. The zero-order chi connectivity index (χ0) is 29.0. The van der Waals surface area contributed by atoms with E-state index in [9.17, 15) is 18.0 Å². The number of nitrogens with zero attached hydrogens (tertiary/aromatic N) is 1. The van der Waals surface area contributed by atoms with E-state index in [-0.39, 0.29) is 29.3 Å². The molecule has 2 N–H and O–H groups in total. The number of likely N-dealkylation sites (tertiary alicyclic amines) is 1.